The number of hydrogen-bond donors (Lipinski definition) is 3. The van der Waals surface area contributed by atoms with Gasteiger partial charge >= 0.3 is 0 Å². The van der Waals surface area contributed by atoms with E-state index in [2.05, 4.69) is 51.7 Å². The topological polar surface area (TPSA) is 157 Å². The monoisotopic (exact) mass is 420 g/mol. The van der Waals surface area contributed by atoms with Crippen molar-refractivity contribution in [2.24, 2.45) is 5.10 Å². The number of aromatic hydroxyl groups is 1. The highest BCUT2D eigenvalue weighted by Crippen LogP contribution is 2.20. The lowest BCUT2D eigenvalue weighted by Crippen LogP contribution is -2.20. The number of hydrogen-bond acceptors (Lipinski definition) is 9. The Hall–Kier alpha value is -3.28. The molecule has 0 unspecified atom stereocenters. The van der Waals surface area contributed by atoms with Crippen LogP contribution in [0.5, 0.6) is 5.75 Å². The molecule has 2 heterocycles. The minimum Gasteiger partial charge on any atom is -0.507 e. The standard InChI is InChI=1S/C14H13BrN8O3/c1-2-9-11(18-22-23(9)13-12(16)20-26-21-13)14(25)19-17-6-7-5-8(15)3-4-10(7)24/h3-6,24H,2H2,1H3,(H2,16,20)(H,19,25)/b17-6-. The minimum atomic E-state index is -0.575. The number of carbonyl (C=O) groups is 1. The number of carbonyl (C=O) groups excluding carboxylic acids is 1. The lowest BCUT2D eigenvalue weighted by Gasteiger charge is -2.02. The molecule has 0 spiro atoms. The zero-order chi connectivity index (χ0) is 18.7. The molecule has 0 atom stereocenters. The van der Waals surface area contributed by atoms with Crippen molar-refractivity contribution in [3.05, 3.63) is 39.6 Å². The molecule has 2 aromatic heterocycles. The van der Waals surface area contributed by atoms with Gasteiger partial charge in [-0.05, 0) is 34.9 Å². The summed E-state index contributed by atoms with van der Waals surface area (Å²) in [6.07, 6.45) is 1.74. The minimum absolute atomic E-state index is 0.0275. The number of amides is 1. The number of nitrogens with zero attached hydrogens (tertiary/aromatic N) is 6. The van der Waals surface area contributed by atoms with Crippen LogP contribution in [0.15, 0.2) is 32.4 Å². The fraction of sp³-hybridized carbons (Fsp3) is 0.143. The van der Waals surface area contributed by atoms with Crippen LogP contribution in [-0.4, -0.2) is 42.5 Å². The molecule has 0 saturated carbocycles. The molecule has 11 nitrogen and oxygen atoms in total. The quantitative estimate of drug-likeness (QED) is 0.407. The fourth-order valence-corrected chi connectivity index (χ4v) is 2.52. The van der Waals surface area contributed by atoms with Crippen molar-refractivity contribution >= 4 is 33.9 Å². The molecule has 3 aromatic rings. The number of nitrogens with two attached hydrogens (primary N) is 1. The second-order valence-electron chi connectivity index (χ2n) is 5.03. The van der Waals surface area contributed by atoms with Gasteiger partial charge in [0.05, 0.1) is 11.9 Å². The summed E-state index contributed by atoms with van der Waals surface area (Å²) in [5, 5.41) is 28.4. The zero-order valence-corrected chi connectivity index (χ0v) is 15.0. The molecule has 0 saturated heterocycles. The van der Waals surface area contributed by atoms with Crippen molar-refractivity contribution in [3.63, 3.8) is 0 Å². The molecule has 0 aliphatic carbocycles. The van der Waals surface area contributed by atoms with E-state index in [1.54, 1.807) is 12.1 Å². The van der Waals surface area contributed by atoms with Gasteiger partial charge < -0.3 is 10.8 Å². The van der Waals surface area contributed by atoms with Gasteiger partial charge in [0.1, 0.15) is 5.75 Å². The summed E-state index contributed by atoms with van der Waals surface area (Å²) < 4.78 is 6.58. The molecule has 1 aromatic carbocycles. The molecule has 0 radical (unpaired) electrons. The predicted molar refractivity (Wildman–Crippen MR) is 93.9 cm³/mol. The highest BCUT2D eigenvalue weighted by atomic mass is 79.9. The van der Waals surface area contributed by atoms with E-state index >= 15 is 0 Å². The number of phenols is 1. The molecule has 0 bridgehead atoms. The third-order valence-electron chi connectivity index (χ3n) is 3.37. The lowest BCUT2D eigenvalue weighted by atomic mass is 10.2. The van der Waals surface area contributed by atoms with Crippen LogP contribution in [0, 0.1) is 0 Å². The molecule has 3 rings (SSSR count). The Morgan fingerprint density at radius 1 is 1.50 bits per heavy atom. The van der Waals surface area contributed by atoms with Gasteiger partial charge in [0, 0.05) is 10.0 Å². The number of rotatable bonds is 5. The van der Waals surface area contributed by atoms with E-state index in [1.165, 1.54) is 17.0 Å². The number of halogens is 1. The fourth-order valence-electron chi connectivity index (χ4n) is 2.15. The number of nitrogen functional groups attached to an aromatic ring is 1. The van der Waals surface area contributed by atoms with Crippen LogP contribution in [0.2, 0.25) is 0 Å². The maximum Gasteiger partial charge on any atom is 0.293 e. The summed E-state index contributed by atoms with van der Waals surface area (Å²) in [4.78, 5) is 12.3. The Morgan fingerprint density at radius 3 is 3.00 bits per heavy atom. The molecular formula is C14H13BrN8O3. The summed E-state index contributed by atoms with van der Waals surface area (Å²) in [5.74, 6) is -0.370. The average Bonchev–Trinajstić information content (AvgIpc) is 3.23. The molecular weight excluding hydrogens is 408 g/mol. The van der Waals surface area contributed by atoms with Gasteiger partial charge in [-0.1, -0.05) is 28.1 Å². The zero-order valence-electron chi connectivity index (χ0n) is 13.4. The molecule has 12 heteroatoms. The first-order valence-corrected chi connectivity index (χ1v) is 8.15. The van der Waals surface area contributed by atoms with E-state index in [4.69, 9.17) is 5.73 Å². The van der Waals surface area contributed by atoms with Crippen molar-refractivity contribution in [2.75, 3.05) is 5.73 Å². The summed E-state index contributed by atoms with van der Waals surface area (Å²) in [7, 11) is 0. The van der Waals surface area contributed by atoms with Gasteiger partial charge in [-0.2, -0.15) is 9.78 Å². The van der Waals surface area contributed by atoms with Gasteiger partial charge in [0.2, 0.25) is 11.6 Å². The highest BCUT2D eigenvalue weighted by Gasteiger charge is 2.22. The average molecular weight is 421 g/mol. The summed E-state index contributed by atoms with van der Waals surface area (Å²) >= 11 is 3.29. The van der Waals surface area contributed by atoms with Crippen LogP contribution >= 0.6 is 15.9 Å². The smallest absolute Gasteiger partial charge is 0.293 e. The molecule has 0 aliphatic heterocycles. The van der Waals surface area contributed by atoms with E-state index < -0.39 is 5.91 Å². The van der Waals surface area contributed by atoms with Gasteiger partial charge in [-0.25, -0.2) is 10.1 Å². The third-order valence-corrected chi connectivity index (χ3v) is 3.86. The third kappa shape index (κ3) is 3.39. The van der Waals surface area contributed by atoms with Gasteiger partial charge in [-0.3, -0.25) is 4.79 Å². The Labute approximate surface area is 155 Å². The number of hydrazone groups is 1. The van der Waals surface area contributed by atoms with Crippen molar-refractivity contribution in [1.29, 1.82) is 0 Å². The number of anilines is 1. The Kier molecular flexibility index (Phi) is 4.93. The van der Waals surface area contributed by atoms with E-state index in [0.29, 0.717) is 17.7 Å². The molecule has 4 N–H and O–H groups in total. The lowest BCUT2D eigenvalue weighted by molar-refractivity contribution is 0.0949. The number of nitrogens with one attached hydrogen (secondary N) is 1. The molecule has 0 fully saturated rings. The van der Waals surface area contributed by atoms with Crippen LogP contribution in [0.25, 0.3) is 5.82 Å². The van der Waals surface area contributed by atoms with Crippen molar-refractivity contribution in [2.45, 2.75) is 13.3 Å². The summed E-state index contributed by atoms with van der Waals surface area (Å²) in [6.45, 7) is 1.82. The first kappa shape index (κ1) is 17.5. The van der Waals surface area contributed by atoms with Crippen LogP contribution in [0.3, 0.4) is 0 Å². The molecule has 0 aliphatic rings. The van der Waals surface area contributed by atoms with E-state index in [0.717, 1.165) is 4.47 Å². The normalized spacial score (nSPS) is 11.2. The summed E-state index contributed by atoms with van der Waals surface area (Å²) in [6, 6.07) is 4.84. The highest BCUT2D eigenvalue weighted by molar-refractivity contribution is 9.10. The maximum absolute atomic E-state index is 12.3. The van der Waals surface area contributed by atoms with Gasteiger partial charge in [0.15, 0.2) is 5.69 Å². The number of benzene rings is 1. The Bertz CT molecular complexity index is 980. The largest absolute Gasteiger partial charge is 0.507 e. The predicted octanol–water partition coefficient (Wildman–Crippen LogP) is 1.03. The van der Waals surface area contributed by atoms with E-state index in [9.17, 15) is 9.90 Å². The molecule has 134 valence electrons. The number of phenolic OH excluding ortho intramolecular Hbond substituents is 1. The van der Waals surface area contributed by atoms with Crippen molar-refractivity contribution in [3.8, 4) is 11.6 Å². The Morgan fingerprint density at radius 2 is 2.31 bits per heavy atom. The maximum atomic E-state index is 12.3. The van der Waals surface area contributed by atoms with Crippen LogP contribution in [0.4, 0.5) is 5.82 Å². The van der Waals surface area contributed by atoms with Crippen molar-refractivity contribution < 1.29 is 14.5 Å². The van der Waals surface area contributed by atoms with Gasteiger partial charge in [-0.15, -0.1) is 5.10 Å². The Balaban J connectivity index is 1.80. The van der Waals surface area contributed by atoms with E-state index in [1.807, 2.05) is 6.92 Å². The first-order chi connectivity index (χ1) is 12.5. The van der Waals surface area contributed by atoms with Crippen LogP contribution < -0.4 is 11.2 Å². The van der Waals surface area contributed by atoms with Crippen molar-refractivity contribution in [1.82, 2.24) is 30.7 Å². The van der Waals surface area contributed by atoms with Gasteiger partial charge in [0.25, 0.3) is 5.91 Å². The second kappa shape index (κ2) is 7.31. The molecule has 1 amide bonds. The summed E-state index contributed by atoms with van der Waals surface area (Å²) in [5.41, 5.74) is 8.94. The number of aromatic nitrogens is 5. The second-order valence-corrected chi connectivity index (χ2v) is 5.94. The van der Waals surface area contributed by atoms with Crippen LogP contribution in [-0.2, 0) is 6.42 Å². The SMILES string of the molecule is CCc1c(C(=O)N/N=C\c2cc(Br)ccc2O)nnn1-c1nonc1N. The van der Waals surface area contributed by atoms with E-state index in [-0.39, 0.29) is 23.1 Å². The first-order valence-electron chi connectivity index (χ1n) is 7.36. The van der Waals surface area contributed by atoms with Crippen LogP contribution in [0.1, 0.15) is 28.7 Å². The molecule has 26 heavy (non-hydrogen) atoms.